The normalized spacial score (nSPS) is 11.8. The van der Waals surface area contributed by atoms with Crippen molar-refractivity contribution in [3.05, 3.63) is 58.2 Å². The van der Waals surface area contributed by atoms with Crippen molar-refractivity contribution in [1.82, 2.24) is 24.7 Å². The number of rotatable bonds is 13. The highest BCUT2D eigenvalue weighted by atomic mass is 15.1. The van der Waals surface area contributed by atoms with Crippen LogP contribution in [0.5, 0.6) is 0 Å². The Balaban J connectivity index is 2.13. The van der Waals surface area contributed by atoms with Crippen molar-refractivity contribution in [3.8, 4) is 0 Å². The summed E-state index contributed by atoms with van der Waals surface area (Å²) >= 11 is 0. The molecule has 2 aromatic heterocycles. The Kier molecular flexibility index (Phi) is 10.6. The highest BCUT2D eigenvalue weighted by Gasteiger charge is 2.12. The van der Waals surface area contributed by atoms with Gasteiger partial charge in [0.2, 0.25) is 0 Å². The predicted molar refractivity (Wildman–Crippen MR) is 131 cm³/mol. The van der Waals surface area contributed by atoms with E-state index in [1.807, 2.05) is 0 Å². The Bertz CT molecular complexity index is 731. The highest BCUT2D eigenvalue weighted by molar-refractivity contribution is 5.22. The lowest BCUT2D eigenvalue weighted by molar-refractivity contribution is 0.261. The minimum atomic E-state index is 0.852. The Hall–Kier alpha value is -1.82. The number of hydrogen-bond acceptors (Lipinski definition) is 5. The Morgan fingerprint density at radius 2 is 0.742 bits per heavy atom. The van der Waals surface area contributed by atoms with Gasteiger partial charge in [-0.05, 0) is 82.0 Å². The standard InChI is InChI=1S/C26H43N5/c1-8-29(9-2)17-23-13-21(6)15-25(27-23)19-31(12-5)20-26-16-22(7)14-24(28-26)18-30(10-3)11-4/h13-16H,8-12,17-20H2,1-7H3. The van der Waals surface area contributed by atoms with Crippen LogP contribution < -0.4 is 0 Å². The molecule has 0 aromatic carbocycles. The first-order chi connectivity index (χ1) is 14.9. The lowest BCUT2D eigenvalue weighted by Gasteiger charge is -2.23. The zero-order chi connectivity index (χ0) is 22.8. The van der Waals surface area contributed by atoms with E-state index in [1.165, 1.54) is 22.5 Å². The predicted octanol–water partition coefficient (Wildman–Crippen LogP) is 4.80. The van der Waals surface area contributed by atoms with Gasteiger partial charge in [0, 0.05) is 26.2 Å². The first-order valence-electron chi connectivity index (χ1n) is 12.0. The number of pyridine rings is 2. The molecule has 0 N–H and O–H groups in total. The topological polar surface area (TPSA) is 35.5 Å². The molecule has 0 spiro atoms. The molecule has 0 atom stereocenters. The van der Waals surface area contributed by atoms with Crippen LogP contribution in [-0.4, -0.2) is 57.4 Å². The maximum Gasteiger partial charge on any atom is 0.0550 e. The van der Waals surface area contributed by atoms with Crippen molar-refractivity contribution < 1.29 is 0 Å². The fourth-order valence-corrected chi connectivity index (χ4v) is 4.05. The average Bonchev–Trinajstić information content (AvgIpc) is 2.74. The molecule has 0 radical (unpaired) electrons. The second-order valence-corrected chi connectivity index (χ2v) is 8.48. The second-order valence-electron chi connectivity index (χ2n) is 8.48. The molecule has 0 aliphatic heterocycles. The molecule has 0 aliphatic carbocycles. The number of aryl methyl sites for hydroxylation is 2. The van der Waals surface area contributed by atoms with Gasteiger partial charge in [-0.3, -0.25) is 24.7 Å². The third kappa shape index (κ3) is 8.32. The van der Waals surface area contributed by atoms with Gasteiger partial charge < -0.3 is 0 Å². The van der Waals surface area contributed by atoms with Gasteiger partial charge in [-0.1, -0.05) is 34.6 Å². The lowest BCUT2D eigenvalue weighted by Crippen LogP contribution is -2.26. The fourth-order valence-electron chi connectivity index (χ4n) is 4.05. The van der Waals surface area contributed by atoms with Gasteiger partial charge in [0.25, 0.3) is 0 Å². The number of aromatic nitrogens is 2. The molecule has 172 valence electrons. The second kappa shape index (κ2) is 12.9. The van der Waals surface area contributed by atoms with E-state index >= 15 is 0 Å². The van der Waals surface area contributed by atoms with Crippen molar-refractivity contribution in [2.24, 2.45) is 0 Å². The van der Waals surface area contributed by atoms with Crippen molar-refractivity contribution in [1.29, 1.82) is 0 Å². The maximum atomic E-state index is 4.98. The van der Waals surface area contributed by atoms with E-state index in [4.69, 9.17) is 9.97 Å². The third-order valence-electron chi connectivity index (χ3n) is 5.93. The van der Waals surface area contributed by atoms with Crippen LogP contribution in [0.4, 0.5) is 0 Å². The van der Waals surface area contributed by atoms with Gasteiger partial charge in [-0.15, -0.1) is 0 Å². The van der Waals surface area contributed by atoms with Crippen LogP contribution in [0.1, 0.15) is 68.5 Å². The molecule has 0 saturated heterocycles. The Labute approximate surface area is 190 Å². The van der Waals surface area contributed by atoms with E-state index in [2.05, 4.69) is 87.4 Å². The van der Waals surface area contributed by atoms with E-state index in [0.717, 1.165) is 70.3 Å². The summed E-state index contributed by atoms with van der Waals surface area (Å²) in [4.78, 5) is 17.2. The van der Waals surface area contributed by atoms with E-state index < -0.39 is 0 Å². The minimum Gasteiger partial charge on any atom is -0.298 e. The summed E-state index contributed by atoms with van der Waals surface area (Å²) in [5.74, 6) is 0. The molecular formula is C26H43N5. The van der Waals surface area contributed by atoms with Crippen molar-refractivity contribution >= 4 is 0 Å². The van der Waals surface area contributed by atoms with Crippen LogP contribution in [-0.2, 0) is 26.2 Å². The van der Waals surface area contributed by atoms with Crippen molar-refractivity contribution in [2.45, 2.75) is 74.6 Å². The van der Waals surface area contributed by atoms with Crippen LogP contribution >= 0.6 is 0 Å². The first-order valence-corrected chi connectivity index (χ1v) is 12.0. The molecule has 0 aliphatic rings. The monoisotopic (exact) mass is 425 g/mol. The molecule has 2 heterocycles. The van der Waals surface area contributed by atoms with Crippen LogP contribution in [0.3, 0.4) is 0 Å². The molecule has 0 fully saturated rings. The van der Waals surface area contributed by atoms with Crippen LogP contribution in [0.15, 0.2) is 24.3 Å². The summed E-state index contributed by atoms with van der Waals surface area (Å²) in [7, 11) is 0. The molecule has 0 bridgehead atoms. The lowest BCUT2D eigenvalue weighted by atomic mass is 10.1. The maximum absolute atomic E-state index is 4.98. The minimum absolute atomic E-state index is 0.852. The van der Waals surface area contributed by atoms with E-state index in [1.54, 1.807) is 0 Å². The molecule has 0 unspecified atom stereocenters. The van der Waals surface area contributed by atoms with Gasteiger partial charge in [-0.25, -0.2) is 0 Å². The molecular weight excluding hydrogens is 382 g/mol. The number of nitrogens with zero attached hydrogens (tertiary/aromatic N) is 5. The van der Waals surface area contributed by atoms with Crippen molar-refractivity contribution in [3.63, 3.8) is 0 Å². The summed E-state index contributed by atoms with van der Waals surface area (Å²) in [6.07, 6.45) is 0. The zero-order valence-electron chi connectivity index (χ0n) is 20.9. The summed E-state index contributed by atoms with van der Waals surface area (Å²) in [6.45, 7) is 24.1. The zero-order valence-corrected chi connectivity index (χ0v) is 20.9. The summed E-state index contributed by atoms with van der Waals surface area (Å²) in [5.41, 5.74) is 7.23. The number of hydrogen-bond donors (Lipinski definition) is 0. The van der Waals surface area contributed by atoms with Gasteiger partial charge in [0.15, 0.2) is 0 Å². The molecule has 2 aromatic rings. The van der Waals surface area contributed by atoms with E-state index in [0.29, 0.717) is 0 Å². The molecule has 2 rings (SSSR count). The van der Waals surface area contributed by atoms with Crippen LogP contribution in [0, 0.1) is 13.8 Å². The van der Waals surface area contributed by atoms with Gasteiger partial charge in [-0.2, -0.15) is 0 Å². The first kappa shape index (κ1) is 25.4. The SMILES string of the molecule is CCN(CC)Cc1cc(C)cc(CN(CC)Cc2cc(C)cc(CN(CC)CC)n2)n1. The quantitative estimate of drug-likeness (QED) is 0.461. The Morgan fingerprint density at radius 1 is 0.484 bits per heavy atom. The molecule has 5 heteroatoms. The summed E-state index contributed by atoms with van der Waals surface area (Å²) in [5, 5.41) is 0. The van der Waals surface area contributed by atoms with E-state index in [-0.39, 0.29) is 0 Å². The highest BCUT2D eigenvalue weighted by Crippen LogP contribution is 2.14. The molecule has 5 nitrogen and oxygen atoms in total. The largest absolute Gasteiger partial charge is 0.298 e. The Morgan fingerprint density at radius 3 is 1.00 bits per heavy atom. The average molecular weight is 426 g/mol. The molecule has 0 saturated carbocycles. The van der Waals surface area contributed by atoms with Crippen LogP contribution in [0.25, 0.3) is 0 Å². The summed E-state index contributed by atoms with van der Waals surface area (Å²) in [6, 6.07) is 8.90. The third-order valence-corrected chi connectivity index (χ3v) is 5.93. The van der Waals surface area contributed by atoms with Gasteiger partial charge in [0.05, 0.1) is 22.8 Å². The molecule has 31 heavy (non-hydrogen) atoms. The van der Waals surface area contributed by atoms with Crippen LogP contribution in [0.2, 0.25) is 0 Å². The van der Waals surface area contributed by atoms with E-state index in [9.17, 15) is 0 Å². The molecule has 0 amide bonds. The van der Waals surface area contributed by atoms with Gasteiger partial charge in [0.1, 0.15) is 0 Å². The van der Waals surface area contributed by atoms with Gasteiger partial charge >= 0.3 is 0 Å². The smallest absolute Gasteiger partial charge is 0.0550 e. The fraction of sp³-hybridized carbons (Fsp3) is 0.615. The summed E-state index contributed by atoms with van der Waals surface area (Å²) < 4.78 is 0. The van der Waals surface area contributed by atoms with Crippen molar-refractivity contribution in [2.75, 3.05) is 32.7 Å².